The largest absolute Gasteiger partial charge is 0.279 e. The van der Waals surface area contributed by atoms with Crippen LogP contribution in [0.15, 0.2) is 140 Å². The van der Waals surface area contributed by atoms with E-state index < -0.39 is 5.41 Å². The van der Waals surface area contributed by atoms with Gasteiger partial charge in [-0.15, -0.1) is 0 Å². The number of aromatic nitrogens is 1. The molecule has 0 amide bonds. The molecule has 2 heteroatoms. The van der Waals surface area contributed by atoms with E-state index in [2.05, 4.69) is 146 Å². The van der Waals surface area contributed by atoms with Crippen LogP contribution in [0.1, 0.15) is 41.2 Å². The van der Waals surface area contributed by atoms with Crippen LogP contribution in [-0.4, -0.2) is 6.54 Å². The minimum absolute atomic E-state index is 0.411. The maximum Gasteiger partial charge on any atom is 0.279 e. The molecule has 41 heavy (non-hydrogen) atoms. The first-order chi connectivity index (χ1) is 20.2. The molecule has 0 radical (unpaired) electrons. The number of quaternary nitrogens is 1. The van der Waals surface area contributed by atoms with Gasteiger partial charge in [-0.1, -0.05) is 97.6 Å². The molecule has 0 bridgehead atoms. The fourth-order valence-electron chi connectivity index (χ4n) is 8.50. The van der Waals surface area contributed by atoms with Crippen LogP contribution in [0.25, 0.3) is 28.0 Å². The molecule has 0 saturated carbocycles. The van der Waals surface area contributed by atoms with E-state index in [1.54, 1.807) is 0 Å². The minimum atomic E-state index is -0.411. The van der Waals surface area contributed by atoms with Crippen molar-refractivity contribution in [3.63, 3.8) is 0 Å². The predicted octanol–water partition coefficient (Wildman–Crippen LogP) is 8.65. The Morgan fingerprint density at radius 2 is 1.27 bits per heavy atom. The van der Waals surface area contributed by atoms with E-state index in [-0.39, 0.29) is 0 Å². The van der Waals surface area contributed by atoms with Gasteiger partial charge in [-0.2, -0.15) is 0 Å². The molecule has 1 atom stereocenters. The molecular formula is C39H30N2+2. The van der Waals surface area contributed by atoms with Crippen LogP contribution in [-0.2, 0) is 5.41 Å². The normalized spacial score (nSPS) is 20.9. The third-order valence-electron chi connectivity index (χ3n) is 9.92. The van der Waals surface area contributed by atoms with Crippen molar-refractivity contribution >= 4 is 16.9 Å². The van der Waals surface area contributed by atoms with Crippen LogP contribution in [0.4, 0.5) is 11.4 Å². The molecule has 0 N–H and O–H groups in total. The molecule has 0 fully saturated rings. The molecule has 2 spiro atoms. The molecule has 1 aliphatic carbocycles. The lowest BCUT2D eigenvalue weighted by atomic mass is 9.63. The molecule has 3 aliphatic heterocycles. The molecule has 1 aromatic heterocycles. The van der Waals surface area contributed by atoms with Crippen LogP contribution in [0, 0.1) is 0 Å². The topological polar surface area (TPSA) is 3.88 Å². The lowest BCUT2D eigenvalue weighted by Gasteiger charge is -2.43. The smallest absolute Gasteiger partial charge is 0.0950 e. The third-order valence-corrected chi connectivity index (χ3v) is 9.92. The second-order valence-electron chi connectivity index (χ2n) is 11.6. The summed E-state index contributed by atoms with van der Waals surface area (Å²) >= 11 is 0. The standard InChI is InChI=1S/C39H30N2/c1-3-4-13-27-26(2)23-25-41-37-30(27)16-11-20-34(37)39(32-18-7-5-14-28(32)29-15-6-8-19-33(29)39)35-21-12-17-31(38(35)41)36-22-9-10-24-40(36)41/h3-22,24H,2,23,25H2,1H3/q+2/b4-3-,27-13+. The first-order valence-corrected chi connectivity index (χ1v) is 14.6. The minimum Gasteiger partial charge on any atom is -0.0950 e. The Bertz CT molecular complexity index is 2000. The number of fused-ring (bicyclic) bond motifs is 9. The number of nitrogens with zero attached hydrogens (tertiary/aromatic N) is 2. The highest BCUT2D eigenvalue weighted by Gasteiger charge is 2.66. The lowest BCUT2D eigenvalue weighted by Crippen LogP contribution is -2.69. The average molecular weight is 527 g/mol. The maximum atomic E-state index is 4.66. The number of allylic oxidation sites excluding steroid dienone is 4. The van der Waals surface area contributed by atoms with Crippen LogP contribution in [0.2, 0.25) is 0 Å². The number of hydrogen-bond donors (Lipinski definition) is 0. The molecule has 0 saturated heterocycles. The number of pyridine rings is 1. The molecular weight excluding hydrogens is 496 g/mol. The Morgan fingerprint density at radius 3 is 1.98 bits per heavy atom. The summed E-state index contributed by atoms with van der Waals surface area (Å²) in [4.78, 5) is 0. The summed E-state index contributed by atoms with van der Waals surface area (Å²) in [6.07, 6.45) is 9.75. The molecule has 1 unspecified atom stereocenters. The summed E-state index contributed by atoms with van der Waals surface area (Å²) in [5.41, 5.74) is 16.9. The zero-order chi connectivity index (χ0) is 27.3. The molecule has 9 rings (SSSR count). The zero-order valence-corrected chi connectivity index (χ0v) is 23.1. The summed E-state index contributed by atoms with van der Waals surface area (Å²) in [5.74, 6) is 0. The van der Waals surface area contributed by atoms with E-state index in [0.717, 1.165) is 13.0 Å². The molecule has 4 aromatic carbocycles. The maximum absolute atomic E-state index is 4.66. The summed E-state index contributed by atoms with van der Waals surface area (Å²) in [6, 6.07) is 38.9. The number of rotatable bonds is 1. The van der Waals surface area contributed by atoms with Gasteiger partial charge < -0.3 is 0 Å². The van der Waals surface area contributed by atoms with E-state index in [9.17, 15) is 0 Å². The molecule has 2 nitrogen and oxygen atoms in total. The van der Waals surface area contributed by atoms with Crippen molar-refractivity contribution in [3.05, 3.63) is 168 Å². The fraction of sp³-hybridized carbons (Fsp3) is 0.103. The molecule has 4 aliphatic rings. The van der Waals surface area contributed by atoms with Crippen molar-refractivity contribution in [2.75, 3.05) is 6.54 Å². The van der Waals surface area contributed by atoms with E-state index in [4.69, 9.17) is 0 Å². The number of hydrogen-bond acceptors (Lipinski definition) is 0. The summed E-state index contributed by atoms with van der Waals surface area (Å²) in [5, 5.41) is 0. The van der Waals surface area contributed by atoms with E-state index in [0.29, 0.717) is 4.59 Å². The van der Waals surface area contributed by atoms with Crippen LogP contribution in [0.5, 0.6) is 0 Å². The number of benzene rings is 4. The van der Waals surface area contributed by atoms with Gasteiger partial charge in [0.2, 0.25) is 17.6 Å². The van der Waals surface area contributed by atoms with Crippen LogP contribution >= 0.6 is 0 Å². The van der Waals surface area contributed by atoms with Crippen molar-refractivity contribution in [2.24, 2.45) is 0 Å². The van der Waals surface area contributed by atoms with Gasteiger partial charge >= 0.3 is 0 Å². The molecule has 5 aromatic rings. The van der Waals surface area contributed by atoms with Crippen LogP contribution < -0.4 is 9.27 Å². The van der Waals surface area contributed by atoms with Gasteiger partial charge in [-0.05, 0) is 67.8 Å². The second kappa shape index (κ2) is 7.90. The highest BCUT2D eigenvalue weighted by Crippen LogP contribution is 2.67. The zero-order valence-electron chi connectivity index (χ0n) is 23.1. The average Bonchev–Trinajstić information content (AvgIpc) is 3.44. The summed E-state index contributed by atoms with van der Waals surface area (Å²) in [7, 11) is 0. The van der Waals surface area contributed by atoms with Gasteiger partial charge in [0.1, 0.15) is 12.1 Å². The fourth-order valence-corrected chi connectivity index (χ4v) is 8.50. The Hall–Kier alpha value is -4.79. The Labute approximate surface area is 241 Å². The molecule has 4 heterocycles. The Kier molecular flexibility index (Phi) is 4.43. The predicted molar refractivity (Wildman–Crippen MR) is 168 cm³/mol. The third kappa shape index (κ3) is 2.52. The van der Waals surface area contributed by atoms with Crippen molar-refractivity contribution in [1.82, 2.24) is 4.59 Å². The summed E-state index contributed by atoms with van der Waals surface area (Å²) < 4.78 is 3.20. The Morgan fingerprint density at radius 1 is 0.683 bits per heavy atom. The first kappa shape index (κ1) is 23.0. The van der Waals surface area contributed by atoms with Crippen LogP contribution in [0.3, 0.4) is 0 Å². The molecule has 194 valence electrons. The SMILES string of the molecule is C=C1CC[N+]23c4c(cccc4C4(c5ccccc5-c5ccccc54)c4cccc(c42)-c2cccc[n+]23)/C1=C/C=C\C. The lowest BCUT2D eigenvalue weighted by molar-refractivity contribution is -0.780. The van der Waals surface area contributed by atoms with E-state index in [1.807, 2.05) is 0 Å². The highest BCUT2D eigenvalue weighted by molar-refractivity contribution is 5.99. The van der Waals surface area contributed by atoms with Gasteiger partial charge in [-0.3, -0.25) is 0 Å². The van der Waals surface area contributed by atoms with Crippen molar-refractivity contribution < 1.29 is 4.68 Å². The van der Waals surface area contributed by atoms with Gasteiger partial charge in [-0.25, -0.2) is 0 Å². The quantitative estimate of drug-likeness (QED) is 0.149. The van der Waals surface area contributed by atoms with Gasteiger partial charge in [0.05, 0.1) is 5.41 Å². The van der Waals surface area contributed by atoms with Crippen molar-refractivity contribution in [3.8, 4) is 22.4 Å². The number of para-hydroxylation sites is 2. The monoisotopic (exact) mass is 526 g/mol. The second-order valence-corrected chi connectivity index (χ2v) is 11.6. The summed E-state index contributed by atoms with van der Waals surface area (Å²) in [6.45, 7) is 7.66. The van der Waals surface area contributed by atoms with Gasteiger partial charge in [0.15, 0.2) is 0 Å². The van der Waals surface area contributed by atoms with Gasteiger partial charge in [0.25, 0.3) is 5.69 Å². The van der Waals surface area contributed by atoms with Crippen molar-refractivity contribution in [1.29, 1.82) is 0 Å². The van der Waals surface area contributed by atoms with Gasteiger partial charge in [0, 0.05) is 35.2 Å². The Balaban J connectivity index is 1.56. The first-order valence-electron chi connectivity index (χ1n) is 14.6. The van der Waals surface area contributed by atoms with E-state index in [1.165, 1.54) is 72.7 Å². The highest BCUT2D eigenvalue weighted by atomic mass is 15.7. The van der Waals surface area contributed by atoms with Crippen molar-refractivity contribution in [2.45, 2.75) is 18.8 Å². The van der Waals surface area contributed by atoms with E-state index >= 15 is 0 Å².